The maximum absolute atomic E-state index is 13.0. The van der Waals surface area contributed by atoms with Crippen molar-refractivity contribution in [1.82, 2.24) is 9.80 Å². The number of carbonyl (C=O) groups excluding carboxylic acids is 2. The predicted octanol–water partition coefficient (Wildman–Crippen LogP) is 3.25. The number of amides is 2. The van der Waals surface area contributed by atoms with E-state index in [4.69, 9.17) is 4.42 Å². The lowest BCUT2D eigenvalue weighted by Crippen LogP contribution is -2.44. The molecule has 0 spiro atoms. The van der Waals surface area contributed by atoms with Crippen LogP contribution in [0.2, 0.25) is 0 Å². The summed E-state index contributed by atoms with van der Waals surface area (Å²) in [6.07, 6.45) is 2.90. The molecule has 1 aromatic heterocycles. The highest BCUT2D eigenvalue weighted by Crippen LogP contribution is 2.23. The van der Waals surface area contributed by atoms with Crippen molar-refractivity contribution >= 4 is 17.5 Å². The number of benzene rings is 1. The molecule has 2 heterocycles. The highest BCUT2D eigenvalue weighted by atomic mass is 16.3. The van der Waals surface area contributed by atoms with Crippen molar-refractivity contribution < 1.29 is 14.0 Å². The van der Waals surface area contributed by atoms with E-state index in [0.717, 1.165) is 11.3 Å². The van der Waals surface area contributed by atoms with Gasteiger partial charge in [-0.1, -0.05) is 12.1 Å². The van der Waals surface area contributed by atoms with Crippen LogP contribution in [-0.4, -0.2) is 55.3 Å². The Morgan fingerprint density at radius 1 is 1.11 bits per heavy atom. The summed E-state index contributed by atoms with van der Waals surface area (Å²) in [5.41, 5.74) is 2.28. The molecule has 1 aliphatic heterocycles. The Kier molecular flexibility index (Phi) is 6.39. The Labute approximate surface area is 166 Å². The van der Waals surface area contributed by atoms with Crippen LogP contribution in [0.25, 0.3) is 0 Å². The molecule has 6 nitrogen and oxygen atoms in total. The molecule has 0 saturated carbocycles. The van der Waals surface area contributed by atoms with Crippen LogP contribution in [0.5, 0.6) is 0 Å². The minimum absolute atomic E-state index is 0.0263. The fraction of sp³-hybridized carbons (Fsp3) is 0.455. The van der Waals surface area contributed by atoms with Crippen LogP contribution < -0.4 is 4.90 Å². The largest absolute Gasteiger partial charge is 0.459 e. The number of piperidine rings is 1. The summed E-state index contributed by atoms with van der Waals surface area (Å²) < 4.78 is 5.20. The Morgan fingerprint density at radius 2 is 1.79 bits per heavy atom. The molecule has 1 aromatic carbocycles. The predicted molar refractivity (Wildman–Crippen MR) is 109 cm³/mol. The summed E-state index contributed by atoms with van der Waals surface area (Å²) in [7, 11) is 4.03. The van der Waals surface area contributed by atoms with Gasteiger partial charge in [-0.15, -0.1) is 0 Å². The molecular formula is C22H29N3O3. The van der Waals surface area contributed by atoms with Crippen LogP contribution in [0.1, 0.15) is 35.9 Å². The van der Waals surface area contributed by atoms with Crippen molar-refractivity contribution in [3.8, 4) is 0 Å². The number of carbonyl (C=O) groups is 2. The van der Waals surface area contributed by atoms with Gasteiger partial charge in [-0.2, -0.15) is 0 Å². The molecule has 6 heteroatoms. The molecule has 0 atom stereocenters. The second-order valence-corrected chi connectivity index (χ2v) is 7.46. The van der Waals surface area contributed by atoms with E-state index in [1.54, 1.807) is 17.0 Å². The molecule has 0 aliphatic carbocycles. The molecule has 1 aliphatic rings. The van der Waals surface area contributed by atoms with E-state index in [2.05, 4.69) is 29.2 Å². The summed E-state index contributed by atoms with van der Waals surface area (Å²) in [4.78, 5) is 31.1. The summed E-state index contributed by atoms with van der Waals surface area (Å²) >= 11 is 0. The zero-order valence-corrected chi connectivity index (χ0v) is 16.9. The molecule has 0 radical (unpaired) electrons. The number of rotatable bonds is 6. The Balaban J connectivity index is 1.56. The summed E-state index contributed by atoms with van der Waals surface area (Å²) in [5.74, 6) is 0.427. The summed E-state index contributed by atoms with van der Waals surface area (Å²) in [6, 6.07) is 11.7. The van der Waals surface area contributed by atoms with E-state index in [1.165, 1.54) is 6.26 Å². The first-order valence-corrected chi connectivity index (χ1v) is 9.87. The van der Waals surface area contributed by atoms with Crippen molar-refractivity contribution in [2.24, 2.45) is 5.92 Å². The molecule has 0 bridgehead atoms. The average Bonchev–Trinajstić information content (AvgIpc) is 3.26. The SMILES string of the molecule is CCN(Cc1ccc(N(C)C)cc1)C(=O)C1CCN(C(=O)c2ccco2)CC1. The van der Waals surface area contributed by atoms with E-state index in [0.29, 0.717) is 44.8 Å². The van der Waals surface area contributed by atoms with Gasteiger partial charge in [0.15, 0.2) is 5.76 Å². The topological polar surface area (TPSA) is 57.0 Å². The number of anilines is 1. The smallest absolute Gasteiger partial charge is 0.289 e. The fourth-order valence-corrected chi connectivity index (χ4v) is 3.61. The minimum atomic E-state index is -0.0933. The van der Waals surface area contributed by atoms with Gasteiger partial charge in [-0.25, -0.2) is 0 Å². The minimum Gasteiger partial charge on any atom is -0.459 e. The fourth-order valence-electron chi connectivity index (χ4n) is 3.61. The van der Waals surface area contributed by atoms with Crippen LogP contribution in [0, 0.1) is 5.92 Å². The van der Waals surface area contributed by atoms with E-state index in [-0.39, 0.29) is 17.7 Å². The van der Waals surface area contributed by atoms with Gasteiger partial charge in [0.05, 0.1) is 6.26 Å². The van der Waals surface area contributed by atoms with Crippen LogP contribution in [0.4, 0.5) is 5.69 Å². The first kappa shape index (κ1) is 20.0. The summed E-state index contributed by atoms with van der Waals surface area (Å²) in [5, 5.41) is 0. The Bertz CT molecular complexity index is 776. The second kappa shape index (κ2) is 8.95. The maximum Gasteiger partial charge on any atom is 0.289 e. The van der Waals surface area contributed by atoms with Gasteiger partial charge in [0.2, 0.25) is 5.91 Å². The monoisotopic (exact) mass is 383 g/mol. The normalized spacial score (nSPS) is 14.8. The lowest BCUT2D eigenvalue weighted by atomic mass is 9.94. The molecule has 0 N–H and O–H groups in total. The quantitative estimate of drug-likeness (QED) is 0.768. The third-order valence-corrected chi connectivity index (χ3v) is 5.38. The molecule has 0 unspecified atom stereocenters. The van der Waals surface area contributed by atoms with Gasteiger partial charge in [-0.05, 0) is 49.6 Å². The third-order valence-electron chi connectivity index (χ3n) is 5.38. The van der Waals surface area contributed by atoms with Gasteiger partial charge in [0.25, 0.3) is 5.91 Å². The second-order valence-electron chi connectivity index (χ2n) is 7.46. The van der Waals surface area contributed by atoms with Crippen molar-refractivity contribution in [2.45, 2.75) is 26.3 Å². The highest BCUT2D eigenvalue weighted by molar-refractivity contribution is 5.91. The standard InChI is InChI=1S/C22H29N3O3/c1-4-24(16-17-7-9-19(10-8-17)23(2)3)21(26)18-11-13-25(14-12-18)22(27)20-6-5-15-28-20/h5-10,15,18H,4,11-14,16H2,1-3H3. The lowest BCUT2D eigenvalue weighted by molar-refractivity contribution is -0.137. The lowest BCUT2D eigenvalue weighted by Gasteiger charge is -2.33. The zero-order valence-electron chi connectivity index (χ0n) is 16.9. The van der Waals surface area contributed by atoms with Crippen LogP contribution >= 0.6 is 0 Å². The summed E-state index contributed by atoms with van der Waals surface area (Å²) in [6.45, 7) is 4.49. The molecule has 3 rings (SSSR count). The van der Waals surface area contributed by atoms with Gasteiger partial charge >= 0.3 is 0 Å². The van der Waals surface area contributed by atoms with E-state index >= 15 is 0 Å². The number of furan rings is 1. The highest BCUT2D eigenvalue weighted by Gasteiger charge is 2.30. The molecule has 28 heavy (non-hydrogen) atoms. The number of likely N-dealkylation sites (tertiary alicyclic amines) is 1. The molecule has 150 valence electrons. The molecule has 2 amide bonds. The van der Waals surface area contributed by atoms with Crippen molar-refractivity contribution in [3.05, 3.63) is 54.0 Å². The van der Waals surface area contributed by atoms with Crippen molar-refractivity contribution in [2.75, 3.05) is 38.6 Å². The van der Waals surface area contributed by atoms with E-state index < -0.39 is 0 Å². The van der Waals surface area contributed by atoms with Gasteiger partial charge < -0.3 is 19.1 Å². The van der Waals surface area contributed by atoms with Gasteiger partial charge in [-0.3, -0.25) is 9.59 Å². The van der Waals surface area contributed by atoms with Crippen LogP contribution in [0.3, 0.4) is 0 Å². The van der Waals surface area contributed by atoms with Crippen LogP contribution in [-0.2, 0) is 11.3 Å². The molecule has 1 saturated heterocycles. The first-order chi connectivity index (χ1) is 13.5. The molecule has 1 fully saturated rings. The van der Waals surface area contributed by atoms with Gasteiger partial charge in [0.1, 0.15) is 0 Å². The maximum atomic E-state index is 13.0. The zero-order chi connectivity index (χ0) is 20.1. The Morgan fingerprint density at radius 3 is 2.32 bits per heavy atom. The van der Waals surface area contributed by atoms with Gasteiger partial charge in [0, 0.05) is 51.9 Å². The number of nitrogens with zero attached hydrogens (tertiary/aromatic N) is 3. The van der Waals surface area contributed by atoms with E-state index in [1.807, 2.05) is 25.9 Å². The first-order valence-electron chi connectivity index (χ1n) is 9.87. The third kappa shape index (κ3) is 4.55. The van der Waals surface area contributed by atoms with Crippen molar-refractivity contribution in [1.29, 1.82) is 0 Å². The Hall–Kier alpha value is -2.76. The molecular weight excluding hydrogens is 354 g/mol. The van der Waals surface area contributed by atoms with E-state index in [9.17, 15) is 9.59 Å². The van der Waals surface area contributed by atoms with Crippen molar-refractivity contribution in [3.63, 3.8) is 0 Å². The molecule has 2 aromatic rings. The number of hydrogen-bond acceptors (Lipinski definition) is 4. The average molecular weight is 383 g/mol. The number of hydrogen-bond donors (Lipinski definition) is 0. The van der Waals surface area contributed by atoms with Crippen LogP contribution in [0.15, 0.2) is 47.1 Å².